The van der Waals surface area contributed by atoms with E-state index in [1.807, 2.05) is 0 Å². The Balaban J connectivity index is 1.99. The Morgan fingerprint density at radius 1 is 1.26 bits per heavy atom. The molecule has 1 aromatic heterocycles. The number of hydrogen-bond acceptors (Lipinski definition) is 3. The molecule has 5 nitrogen and oxygen atoms in total. The van der Waals surface area contributed by atoms with Gasteiger partial charge in [0.25, 0.3) is 0 Å². The summed E-state index contributed by atoms with van der Waals surface area (Å²) in [4.78, 5) is 25.5. The van der Waals surface area contributed by atoms with Crippen LogP contribution in [0.5, 0.6) is 0 Å². The maximum absolute atomic E-state index is 13.0. The summed E-state index contributed by atoms with van der Waals surface area (Å²) >= 11 is 0. The van der Waals surface area contributed by atoms with Gasteiger partial charge in [-0.2, -0.15) is 0 Å². The van der Waals surface area contributed by atoms with E-state index in [4.69, 9.17) is 4.42 Å². The lowest BCUT2D eigenvalue weighted by Crippen LogP contribution is -2.46. The monoisotopic (exact) mass is 318 g/mol. The Bertz CT molecular complexity index is 653. The molecule has 0 aliphatic heterocycles. The highest BCUT2D eigenvalue weighted by Crippen LogP contribution is 2.11. The van der Waals surface area contributed by atoms with E-state index >= 15 is 0 Å². The van der Waals surface area contributed by atoms with E-state index in [1.54, 1.807) is 31.2 Å². The molecule has 122 valence electrons. The maximum atomic E-state index is 13.0. The molecular weight excluding hydrogens is 299 g/mol. The number of halogens is 1. The number of hydrogen-bond donors (Lipinski definition) is 1. The van der Waals surface area contributed by atoms with Crippen LogP contribution < -0.4 is 5.32 Å². The molecule has 1 heterocycles. The van der Waals surface area contributed by atoms with Gasteiger partial charge in [0.15, 0.2) is 0 Å². The van der Waals surface area contributed by atoms with Crippen molar-refractivity contribution >= 4 is 11.8 Å². The molecule has 2 aromatic rings. The van der Waals surface area contributed by atoms with E-state index in [0.717, 1.165) is 5.56 Å². The van der Waals surface area contributed by atoms with Crippen LogP contribution in [-0.4, -0.2) is 22.8 Å². The quantitative estimate of drug-likeness (QED) is 0.890. The number of nitrogens with zero attached hydrogens (tertiary/aromatic N) is 1. The second kappa shape index (κ2) is 7.58. The van der Waals surface area contributed by atoms with Crippen LogP contribution in [0.1, 0.15) is 25.2 Å². The number of amides is 2. The summed E-state index contributed by atoms with van der Waals surface area (Å²) in [5, 5.41) is 2.73. The SMILES string of the molecule is CC(=O)N(Cc1ccc(F)cc1)[C@@H](C)C(=O)NCc1ccco1. The van der Waals surface area contributed by atoms with Crippen LogP contribution in [0.4, 0.5) is 4.39 Å². The van der Waals surface area contributed by atoms with Crippen LogP contribution in [0.3, 0.4) is 0 Å². The van der Waals surface area contributed by atoms with Gasteiger partial charge in [0.1, 0.15) is 17.6 Å². The highest BCUT2D eigenvalue weighted by atomic mass is 19.1. The van der Waals surface area contributed by atoms with Gasteiger partial charge in [0.05, 0.1) is 12.8 Å². The summed E-state index contributed by atoms with van der Waals surface area (Å²) < 4.78 is 18.1. The smallest absolute Gasteiger partial charge is 0.242 e. The first kappa shape index (κ1) is 16.7. The zero-order chi connectivity index (χ0) is 16.8. The van der Waals surface area contributed by atoms with Gasteiger partial charge in [-0.15, -0.1) is 0 Å². The molecule has 0 saturated heterocycles. The van der Waals surface area contributed by atoms with E-state index in [-0.39, 0.29) is 30.7 Å². The van der Waals surface area contributed by atoms with E-state index in [1.165, 1.54) is 30.2 Å². The fourth-order valence-corrected chi connectivity index (χ4v) is 2.18. The largest absolute Gasteiger partial charge is 0.467 e. The molecule has 2 amide bonds. The minimum absolute atomic E-state index is 0.227. The van der Waals surface area contributed by atoms with Gasteiger partial charge in [-0.1, -0.05) is 12.1 Å². The molecule has 1 aromatic carbocycles. The number of carbonyl (C=O) groups is 2. The highest BCUT2D eigenvalue weighted by molar-refractivity contribution is 5.86. The summed E-state index contributed by atoms with van der Waals surface area (Å²) in [6, 6.07) is 8.70. The molecule has 0 aliphatic rings. The molecule has 23 heavy (non-hydrogen) atoms. The van der Waals surface area contributed by atoms with Crippen molar-refractivity contribution in [2.45, 2.75) is 33.0 Å². The zero-order valence-electron chi connectivity index (χ0n) is 13.1. The predicted octanol–water partition coefficient (Wildman–Crippen LogP) is 2.47. The lowest BCUT2D eigenvalue weighted by molar-refractivity contribution is -0.139. The fourth-order valence-electron chi connectivity index (χ4n) is 2.18. The van der Waals surface area contributed by atoms with Crippen molar-refractivity contribution < 1.29 is 18.4 Å². The van der Waals surface area contributed by atoms with Crippen molar-refractivity contribution in [3.63, 3.8) is 0 Å². The summed E-state index contributed by atoms with van der Waals surface area (Å²) in [5.74, 6) is -0.209. The summed E-state index contributed by atoms with van der Waals surface area (Å²) in [6.07, 6.45) is 1.53. The summed E-state index contributed by atoms with van der Waals surface area (Å²) in [7, 11) is 0. The third-order valence-corrected chi connectivity index (χ3v) is 3.53. The van der Waals surface area contributed by atoms with Gasteiger partial charge in [-0.3, -0.25) is 9.59 Å². The van der Waals surface area contributed by atoms with Gasteiger partial charge in [0, 0.05) is 13.5 Å². The van der Waals surface area contributed by atoms with Crippen LogP contribution in [0.2, 0.25) is 0 Å². The highest BCUT2D eigenvalue weighted by Gasteiger charge is 2.23. The van der Waals surface area contributed by atoms with Gasteiger partial charge in [0.2, 0.25) is 11.8 Å². The molecule has 1 atom stereocenters. The summed E-state index contributed by atoms with van der Waals surface area (Å²) in [6.45, 7) is 3.56. The molecule has 0 unspecified atom stereocenters. The first-order valence-corrected chi connectivity index (χ1v) is 7.29. The van der Waals surface area contributed by atoms with Crippen LogP contribution in [0.15, 0.2) is 47.1 Å². The minimum atomic E-state index is -0.646. The topological polar surface area (TPSA) is 62.6 Å². The second-order valence-corrected chi connectivity index (χ2v) is 5.25. The Labute approximate surface area is 134 Å². The number of nitrogens with one attached hydrogen (secondary N) is 1. The minimum Gasteiger partial charge on any atom is -0.467 e. The normalized spacial score (nSPS) is 11.8. The average Bonchev–Trinajstić information content (AvgIpc) is 3.04. The standard InChI is InChI=1S/C17H19FN2O3/c1-12(17(22)19-10-16-4-3-9-23-16)20(13(2)21)11-14-5-7-15(18)8-6-14/h3-9,12H,10-11H2,1-2H3,(H,19,22)/t12-/m0/s1. The number of benzene rings is 1. The molecule has 6 heteroatoms. The Morgan fingerprint density at radius 3 is 2.52 bits per heavy atom. The van der Waals surface area contributed by atoms with Gasteiger partial charge < -0.3 is 14.6 Å². The van der Waals surface area contributed by atoms with Crippen molar-refractivity contribution in [2.75, 3.05) is 0 Å². The lowest BCUT2D eigenvalue weighted by Gasteiger charge is -2.27. The molecule has 0 bridgehead atoms. The molecular formula is C17H19FN2O3. The third-order valence-electron chi connectivity index (χ3n) is 3.53. The van der Waals surface area contributed by atoms with Gasteiger partial charge >= 0.3 is 0 Å². The average molecular weight is 318 g/mol. The van der Waals surface area contributed by atoms with E-state index < -0.39 is 6.04 Å². The number of carbonyl (C=O) groups excluding carboxylic acids is 2. The first-order chi connectivity index (χ1) is 11.0. The molecule has 1 N–H and O–H groups in total. The van der Waals surface area contributed by atoms with Crippen LogP contribution in [0.25, 0.3) is 0 Å². The zero-order valence-corrected chi connectivity index (χ0v) is 13.1. The molecule has 0 fully saturated rings. The third kappa shape index (κ3) is 4.67. The van der Waals surface area contributed by atoms with Crippen molar-refractivity contribution in [3.05, 3.63) is 59.8 Å². The molecule has 0 aliphatic carbocycles. The number of furan rings is 1. The lowest BCUT2D eigenvalue weighted by atomic mass is 10.1. The Hall–Kier alpha value is -2.63. The van der Waals surface area contributed by atoms with E-state index in [9.17, 15) is 14.0 Å². The van der Waals surface area contributed by atoms with E-state index in [2.05, 4.69) is 5.32 Å². The Morgan fingerprint density at radius 2 is 1.96 bits per heavy atom. The van der Waals surface area contributed by atoms with Crippen molar-refractivity contribution in [1.82, 2.24) is 10.2 Å². The molecule has 0 spiro atoms. The predicted molar refractivity (Wildman–Crippen MR) is 82.6 cm³/mol. The van der Waals surface area contributed by atoms with E-state index in [0.29, 0.717) is 5.76 Å². The van der Waals surface area contributed by atoms with Crippen molar-refractivity contribution in [2.24, 2.45) is 0 Å². The van der Waals surface area contributed by atoms with Crippen LogP contribution >= 0.6 is 0 Å². The maximum Gasteiger partial charge on any atom is 0.242 e. The number of rotatable bonds is 6. The Kier molecular flexibility index (Phi) is 5.51. The fraction of sp³-hybridized carbons (Fsp3) is 0.294. The van der Waals surface area contributed by atoms with Crippen molar-refractivity contribution in [1.29, 1.82) is 0 Å². The summed E-state index contributed by atoms with van der Waals surface area (Å²) in [5.41, 5.74) is 0.757. The molecule has 2 rings (SSSR count). The van der Waals surface area contributed by atoms with Crippen LogP contribution in [-0.2, 0) is 22.7 Å². The van der Waals surface area contributed by atoms with Crippen LogP contribution in [0, 0.1) is 5.82 Å². The van der Waals surface area contributed by atoms with Gasteiger partial charge in [-0.05, 0) is 36.8 Å². The molecule has 0 saturated carbocycles. The van der Waals surface area contributed by atoms with Crippen molar-refractivity contribution in [3.8, 4) is 0 Å². The molecule has 0 radical (unpaired) electrons. The van der Waals surface area contributed by atoms with Gasteiger partial charge in [-0.25, -0.2) is 4.39 Å². The first-order valence-electron chi connectivity index (χ1n) is 7.29. The second-order valence-electron chi connectivity index (χ2n) is 5.25.